The number of nitrogens with two attached hydrogens (primary N) is 1. The second-order valence-corrected chi connectivity index (χ2v) is 6.39. The number of hydrogen-bond acceptors (Lipinski definition) is 3. The Kier molecular flexibility index (Phi) is 4.55. The van der Waals surface area contributed by atoms with Crippen LogP contribution in [0.15, 0.2) is 6.07 Å². The van der Waals surface area contributed by atoms with Crippen LogP contribution in [0.25, 0.3) is 0 Å². The number of nitrogens with zero attached hydrogens (tertiary/aromatic N) is 2. The van der Waals surface area contributed by atoms with Gasteiger partial charge in [0.1, 0.15) is 11.7 Å². The summed E-state index contributed by atoms with van der Waals surface area (Å²) in [5.74, 6) is 1.03. The molecule has 116 valence electrons. The van der Waals surface area contributed by atoms with Gasteiger partial charge in [-0.2, -0.15) is 0 Å². The van der Waals surface area contributed by atoms with E-state index in [4.69, 9.17) is 11.1 Å². The highest BCUT2D eigenvalue weighted by molar-refractivity contribution is 6.01. The minimum Gasteiger partial charge on any atom is -0.384 e. The van der Waals surface area contributed by atoms with E-state index < -0.39 is 0 Å². The first-order valence-corrected chi connectivity index (χ1v) is 8.00. The predicted molar refractivity (Wildman–Crippen MR) is 89.2 cm³/mol. The number of nitrogen functional groups attached to an aromatic ring is 1. The van der Waals surface area contributed by atoms with Gasteiger partial charge in [-0.25, -0.2) is 4.98 Å². The van der Waals surface area contributed by atoms with Gasteiger partial charge in [0.15, 0.2) is 0 Å². The maximum Gasteiger partial charge on any atom is 0.140 e. The first kappa shape index (κ1) is 15.8. The Balaban J connectivity index is 2.30. The number of piperidine rings is 1. The monoisotopic (exact) mass is 288 g/mol. The van der Waals surface area contributed by atoms with E-state index >= 15 is 0 Å². The summed E-state index contributed by atoms with van der Waals surface area (Å²) in [6, 6.07) is 2.01. The molecule has 0 aliphatic carbocycles. The summed E-state index contributed by atoms with van der Waals surface area (Å²) in [6.07, 6.45) is 4.90. The average Bonchev–Trinajstić information content (AvgIpc) is 2.46. The van der Waals surface area contributed by atoms with Crippen molar-refractivity contribution in [3.8, 4) is 0 Å². The fraction of sp³-hybridized carbons (Fsp3) is 0.647. The molecule has 2 heterocycles. The number of nitrogens with one attached hydrogen (secondary N) is 1. The van der Waals surface area contributed by atoms with Gasteiger partial charge in [-0.05, 0) is 43.7 Å². The maximum atomic E-state index is 7.87. The third-order valence-corrected chi connectivity index (χ3v) is 5.22. The fourth-order valence-corrected chi connectivity index (χ4v) is 3.53. The molecule has 0 atom stereocenters. The van der Waals surface area contributed by atoms with Crippen LogP contribution in [0, 0.1) is 24.7 Å². The maximum absolute atomic E-state index is 7.87. The number of anilines is 1. The van der Waals surface area contributed by atoms with Crippen molar-refractivity contribution >= 4 is 11.7 Å². The second-order valence-electron chi connectivity index (χ2n) is 6.39. The quantitative estimate of drug-likeness (QED) is 0.659. The summed E-state index contributed by atoms with van der Waals surface area (Å²) in [5, 5.41) is 7.87. The summed E-state index contributed by atoms with van der Waals surface area (Å²) in [7, 11) is 0. The van der Waals surface area contributed by atoms with Gasteiger partial charge in [0.25, 0.3) is 0 Å². The van der Waals surface area contributed by atoms with E-state index in [0.717, 1.165) is 35.7 Å². The van der Waals surface area contributed by atoms with Crippen molar-refractivity contribution in [2.45, 2.75) is 53.4 Å². The smallest absolute Gasteiger partial charge is 0.140 e. The number of aromatic nitrogens is 1. The van der Waals surface area contributed by atoms with Crippen LogP contribution in [0.1, 0.15) is 56.4 Å². The molecule has 3 N–H and O–H groups in total. The molecule has 2 rings (SSSR count). The zero-order valence-electron chi connectivity index (χ0n) is 13.8. The Hall–Kier alpha value is -1.58. The highest BCUT2D eigenvalue weighted by atomic mass is 15.2. The van der Waals surface area contributed by atoms with E-state index in [1.165, 1.54) is 25.7 Å². The molecule has 0 unspecified atom stereocenters. The molecule has 0 aromatic carbocycles. The number of pyridine rings is 1. The SMILES string of the molecule is CCC1(CC)CCN(c2nc(C)cc(C)c2C(=N)N)CC1. The normalized spacial score (nSPS) is 17.8. The minimum absolute atomic E-state index is 0.123. The largest absolute Gasteiger partial charge is 0.384 e. The second kappa shape index (κ2) is 6.04. The molecule has 1 aliphatic heterocycles. The first-order chi connectivity index (χ1) is 9.92. The van der Waals surface area contributed by atoms with E-state index in [1.807, 2.05) is 19.9 Å². The van der Waals surface area contributed by atoms with Crippen molar-refractivity contribution in [3.05, 3.63) is 22.9 Å². The molecule has 0 saturated carbocycles. The third-order valence-electron chi connectivity index (χ3n) is 5.22. The summed E-state index contributed by atoms with van der Waals surface area (Å²) < 4.78 is 0. The Morgan fingerprint density at radius 2 is 1.86 bits per heavy atom. The van der Waals surface area contributed by atoms with Crippen molar-refractivity contribution in [1.82, 2.24) is 4.98 Å². The van der Waals surface area contributed by atoms with E-state index in [1.54, 1.807) is 0 Å². The molecule has 1 saturated heterocycles. The van der Waals surface area contributed by atoms with Gasteiger partial charge < -0.3 is 10.6 Å². The van der Waals surface area contributed by atoms with Crippen LogP contribution in [0.3, 0.4) is 0 Å². The van der Waals surface area contributed by atoms with E-state index in [-0.39, 0.29) is 5.84 Å². The van der Waals surface area contributed by atoms with Crippen LogP contribution < -0.4 is 10.6 Å². The lowest BCUT2D eigenvalue weighted by atomic mass is 9.74. The molecule has 1 aromatic heterocycles. The van der Waals surface area contributed by atoms with Gasteiger partial charge in [-0.1, -0.05) is 26.7 Å². The number of rotatable bonds is 4. The van der Waals surface area contributed by atoms with Gasteiger partial charge in [-0.3, -0.25) is 5.41 Å². The number of amidine groups is 1. The fourth-order valence-electron chi connectivity index (χ4n) is 3.53. The van der Waals surface area contributed by atoms with E-state index in [0.29, 0.717) is 5.41 Å². The Bertz CT molecular complexity index is 522. The van der Waals surface area contributed by atoms with Crippen molar-refractivity contribution in [1.29, 1.82) is 5.41 Å². The average molecular weight is 288 g/mol. The van der Waals surface area contributed by atoms with E-state index in [9.17, 15) is 0 Å². The Morgan fingerprint density at radius 3 is 2.33 bits per heavy atom. The topological polar surface area (TPSA) is 66.0 Å². The molecule has 0 amide bonds. The summed E-state index contributed by atoms with van der Waals surface area (Å²) in [6.45, 7) is 10.6. The molecule has 1 aliphatic rings. The molecule has 1 fully saturated rings. The molecule has 0 radical (unpaired) electrons. The minimum atomic E-state index is 0.123. The van der Waals surface area contributed by atoms with Crippen molar-refractivity contribution in [2.24, 2.45) is 11.1 Å². The first-order valence-electron chi connectivity index (χ1n) is 8.00. The van der Waals surface area contributed by atoms with Crippen molar-refractivity contribution in [3.63, 3.8) is 0 Å². The molecular formula is C17H28N4. The van der Waals surface area contributed by atoms with Gasteiger partial charge in [0.2, 0.25) is 0 Å². The van der Waals surface area contributed by atoms with Gasteiger partial charge in [-0.15, -0.1) is 0 Å². The summed E-state index contributed by atoms with van der Waals surface area (Å²) >= 11 is 0. The van der Waals surface area contributed by atoms with Crippen molar-refractivity contribution in [2.75, 3.05) is 18.0 Å². The third kappa shape index (κ3) is 3.04. The van der Waals surface area contributed by atoms with Gasteiger partial charge >= 0.3 is 0 Å². The standard InChI is InChI=1S/C17H28N4/c1-5-17(6-2)7-9-21(10-8-17)16-14(15(18)19)12(3)11-13(4)20-16/h11H,5-10H2,1-4H3,(H3,18,19). The predicted octanol–water partition coefficient (Wildman–Crippen LogP) is 3.39. The number of hydrogen-bond donors (Lipinski definition) is 2. The summed E-state index contributed by atoms with van der Waals surface area (Å²) in [4.78, 5) is 7.00. The molecule has 1 aromatic rings. The molecular weight excluding hydrogens is 260 g/mol. The zero-order valence-corrected chi connectivity index (χ0v) is 13.8. The lowest BCUT2D eigenvalue weighted by Gasteiger charge is -2.42. The van der Waals surface area contributed by atoms with E-state index in [2.05, 4.69) is 23.7 Å². The Labute approximate surface area is 128 Å². The van der Waals surface area contributed by atoms with Crippen LogP contribution in [0.2, 0.25) is 0 Å². The highest BCUT2D eigenvalue weighted by Crippen LogP contribution is 2.39. The molecule has 4 heteroatoms. The Morgan fingerprint density at radius 1 is 1.29 bits per heavy atom. The van der Waals surface area contributed by atoms with Crippen LogP contribution in [0.4, 0.5) is 5.82 Å². The van der Waals surface area contributed by atoms with Gasteiger partial charge in [0, 0.05) is 18.8 Å². The van der Waals surface area contributed by atoms with Crippen LogP contribution in [-0.4, -0.2) is 23.9 Å². The highest BCUT2D eigenvalue weighted by Gasteiger charge is 2.32. The zero-order chi connectivity index (χ0) is 15.6. The molecule has 21 heavy (non-hydrogen) atoms. The number of aryl methyl sites for hydroxylation is 2. The van der Waals surface area contributed by atoms with Crippen LogP contribution >= 0.6 is 0 Å². The van der Waals surface area contributed by atoms with Gasteiger partial charge in [0.05, 0.1) is 5.56 Å². The van der Waals surface area contributed by atoms with Crippen LogP contribution in [-0.2, 0) is 0 Å². The molecule has 4 nitrogen and oxygen atoms in total. The lowest BCUT2D eigenvalue weighted by molar-refractivity contribution is 0.199. The lowest BCUT2D eigenvalue weighted by Crippen LogP contribution is -2.41. The summed E-state index contributed by atoms with van der Waals surface area (Å²) in [5.41, 5.74) is 9.14. The van der Waals surface area contributed by atoms with Crippen molar-refractivity contribution < 1.29 is 0 Å². The molecule has 0 spiro atoms. The van der Waals surface area contributed by atoms with Crippen LogP contribution in [0.5, 0.6) is 0 Å². The molecule has 0 bridgehead atoms.